The van der Waals surface area contributed by atoms with Crippen LogP contribution in [0.15, 0.2) is 54.1 Å². The van der Waals surface area contributed by atoms with Gasteiger partial charge in [0.25, 0.3) is 11.7 Å². The van der Waals surface area contributed by atoms with Gasteiger partial charge in [-0.15, -0.1) is 0 Å². The minimum Gasteiger partial charge on any atom is -0.507 e. The Balaban J connectivity index is 2.05. The monoisotopic (exact) mass is 521 g/mol. The van der Waals surface area contributed by atoms with Crippen molar-refractivity contribution in [3.05, 3.63) is 82.2 Å². The first-order chi connectivity index (χ1) is 18.2. The number of carbonyl (C=O) groups is 2. The molecule has 1 fully saturated rings. The van der Waals surface area contributed by atoms with Gasteiger partial charge in [0.15, 0.2) is 11.5 Å². The van der Waals surface area contributed by atoms with E-state index in [1.54, 1.807) is 38.1 Å². The van der Waals surface area contributed by atoms with Crippen LogP contribution in [0, 0.1) is 19.7 Å². The number of hydrogen-bond acceptors (Lipinski definition) is 7. The van der Waals surface area contributed by atoms with Gasteiger partial charge in [-0.2, -0.15) is 0 Å². The minimum atomic E-state index is -1.13. The lowest BCUT2D eigenvalue weighted by molar-refractivity contribution is -0.132. The van der Waals surface area contributed by atoms with Crippen molar-refractivity contribution in [3.63, 3.8) is 0 Å². The number of nitrogens with zero attached hydrogens (tertiary/aromatic N) is 1. The van der Waals surface area contributed by atoms with Crippen molar-refractivity contribution in [2.24, 2.45) is 0 Å². The van der Waals surface area contributed by atoms with E-state index in [0.717, 1.165) is 16.5 Å². The van der Waals surface area contributed by atoms with Gasteiger partial charge in [-0.1, -0.05) is 6.07 Å². The summed E-state index contributed by atoms with van der Waals surface area (Å²) in [6.07, 6.45) is 0. The molecule has 0 aliphatic carbocycles. The van der Waals surface area contributed by atoms with Crippen molar-refractivity contribution in [1.29, 1.82) is 0 Å². The van der Waals surface area contributed by atoms with Crippen LogP contribution in [0.2, 0.25) is 0 Å². The number of methoxy groups -OCH3 is 4. The van der Waals surface area contributed by atoms with Crippen LogP contribution in [0.25, 0.3) is 5.76 Å². The van der Waals surface area contributed by atoms with Crippen molar-refractivity contribution in [3.8, 4) is 23.0 Å². The van der Waals surface area contributed by atoms with Crippen molar-refractivity contribution >= 4 is 23.1 Å². The summed E-state index contributed by atoms with van der Waals surface area (Å²) >= 11 is 0. The molecule has 9 heteroatoms. The van der Waals surface area contributed by atoms with Gasteiger partial charge >= 0.3 is 0 Å². The Kier molecular flexibility index (Phi) is 7.30. The molecule has 1 amide bonds. The summed E-state index contributed by atoms with van der Waals surface area (Å²) in [6.45, 7) is 3.56. The fourth-order valence-corrected chi connectivity index (χ4v) is 4.71. The summed E-state index contributed by atoms with van der Waals surface area (Å²) in [4.78, 5) is 28.1. The molecule has 4 rings (SSSR count). The maximum atomic E-state index is 14.2. The lowest BCUT2D eigenvalue weighted by Crippen LogP contribution is -2.29. The minimum absolute atomic E-state index is 0.146. The number of ketones is 1. The predicted molar refractivity (Wildman–Crippen MR) is 140 cm³/mol. The third-order valence-corrected chi connectivity index (χ3v) is 6.53. The highest BCUT2D eigenvalue weighted by atomic mass is 19.1. The van der Waals surface area contributed by atoms with E-state index < -0.39 is 23.5 Å². The van der Waals surface area contributed by atoms with Crippen LogP contribution < -0.4 is 23.8 Å². The van der Waals surface area contributed by atoms with Gasteiger partial charge in [-0.05, 0) is 73.0 Å². The SMILES string of the molecule is COc1cc(C)c(/C(O)=C2\C(=O)C(=O)N(c3cccc(F)c3)C2c2cc(OC)c(OC)c(OC)c2)cc1C. The van der Waals surface area contributed by atoms with Gasteiger partial charge in [0.2, 0.25) is 5.75 Å². The highest BCUT2D eigenvalue weighted by molar-refractivity contribution is 6.51. The van der Waals surface area contributed by atoms with Gasteiger partial charge in [-0.3, -0.25) is 14.5 Å². The molecule has 8 nitrogen and oxygen atoms in total. The second-order valence-corrected chi connectivity index (χ2v) is 8.74. The topological polar surface area (TPSA) is 94.5 Å². The molecule has 3 aromatic rings. The number of Topliss-reactive ketones (excluding diaryl/α,β-unsaturated/α-hetero) is 1. The Hall–Kier alpha value is -4.53. The fourth-order valence-electron chi connectivity index (χ4n) is 4.71. The number of carbonyl (C=O) groups excluding carboxylic acids is 2. The summed E-state index contributed by atoms with van der Waals surface area (Å²) in [5.41, 5.74) is 2.08. The Labute approximate surface area is 219 Å². The fraction of sp³-hybridized carbons (Fsp3) is 0.241. The first kappa shape index (κ1) is 26.5. The summed E-state index contributed by atoms with van der Waals surface area (Å²) in [5, 5.41) is 11.6. The third kappa shape index (κ3) is 4.40. The summed E-state index contributed by atoms with van der Waals surface area (Å²) in [7, 11) is 5.87. The summed E-state index contributed by atoms with van der Waals surface area (Å²) in [6, 6.07) is 10.8. The molecule has 0 spiro atoms. The van der Waals surface area contributed by atoms with Crippen molar-refractivity contribution in [1.82, 2.24) is 0 Å². The van der Waals surface area contributed by atoms with E-state index in [2.05, 4.69) is 0 Å². The Morgan fingerprint density at radius 1 is 0.842 bits per heavy atom. The van der Waals surface area contributed by atoms with E-state index in [4.69, 9.17) is 18.9 Å². The second kappa shape index (κ2) is 10.5. The molecule has 1 unspecified atom stereocenters. The molecule has 3 aromatic carbocycles. The highest BCUT2D eigenvalue weighted by Crippen LogP contribution is 2.47. The van der Waals surface area contributed by atoms with Crippen LogP contribution in [0.1, 0.15) is 28.3 Å². The van der Waals surface area contributed by atoms with E-state index in [1.807, 2.05) is 0 Å². The lowest BCUT2D eigenvalue weighted by atomic mass is 9.92. The molecule has 1 N–H and O–H groups in total. The van der Waals surface area contributed by atoms with Gasteiger partial charge in [0, 0.05) is 11.3 Å². The second-order valence-electron chi connectivity index (χ2n) is 8.74. The van der Waals surface area contributed by atoms with E-state index in [0.29, 0.717) is 28.2 Å². The largest absolute Gasteiger partial charge is 0.507 e. The molecule has 1 heterocycles. The van der Waals surface area contributed by atoms with Gasteiger partial charge in [-0.25, -0.2) is 4.39 Å². The maximum Gasteiger partial charge on any atom is 0.300 e. The zero-order valence-electron chi connectivity index (χ0n) is 21.9. The molecule has 1 saturated heterocycles. The smallest absolute Gasteiger partial charge is 0.300 e. The van der Waals surface area contributed by atoms with Crippen molar-refractivity contribution in [2.45, 2.75) is 19.9 Å². The van der Waals surface area contributed by atoms with Gasteiger partial charge < -0.3 is 24.1 Å². The summed E-state index contributed by atoms with van der Waals surface area (Å²) < 4.78 is 36.0. The van der Waals surface area contributed by atoms with E-state index in [9.17, 15) is 19.1 Å². The predicted octanol–water partition coefficient (Wildman–Crippen LogP) is 5.10. The molecule has 1 aliphatic rings. The van der Waals surface area contributed by atoms with Crippen LogP contribution >= 0.6 is 0 Å². The lowest BCUT2D eigenvalue weighted by Gasteiger charge is -2.27. The number of aliphatic hydroxyl groups excluding tert-OH is 1. The number of ether oxygens (including phenoxy) is 4. The van der Waals surface area contributed by atoms with Gasteiger partial charge in [0.1, 0.15) is 17.3 Å². The Morgan fingerprint density at radius 3 is 2.03 bits per heavy atom. The zero-order valence-corrected chi connectivity index (χ0v) is 21.9. The maximum absolute atomic E-state index is 14.2. The number of aryl methyl sites for hydroxylation is 2. The van der Waals surface area contributed by atoms with Crippen molar-refractivity contribution in [2.75, 3.05) is 33.3 Å². The van der Waals surface area contributed by atoms with Crippen LogP contribution in [-0.2, 0) is 9.59 Å². The molecular formula is C29H28FNO7. The molecular weight excluding hydrogens is 493 g/mol. The number of halogens is 1. The first-order valence-corrected chi connectivity index (χ1v) is 11.7. The zero-order chi connectivity index (χ0) is 27.7. The van der Waals surface area contributed by atoms with Gasteiger partial charge in [0.05, 0.1) is 40.1 Å². The standard InChI is InChI=1S/C29H28FNO7/c1-15-11-21(35-3)16(2)10-20(15)26(32)24-25(17-12-22(36-4)28(38-6)23(13-17)37-5)31(29(34)27(24)33)19-9-7-8-18(30)14-19/h7-14,25,32H,1-6H3/b26-24+. The van der Waals surface area contributed by atoms with E-state index >= 15 is 0 Å². The number of rotatable bonds is 7. The molecule has 198 valence electrons. The van der Waals surface area contributed by atoms with Crippen molar-refractivity contribution < 1.29 is 38.0 Å². The summed E-state index contributed by atoms with van der Waals surface area (Å²) in [5.74, 6) is -1.31. The first-order valence-electron chi connectivity index (χ1n) is 11.7. The average Bonchev–Trinajstić information content (AvgIpc) is 3.18. The van der Waals surface area contributed by atoms with Crippen LogP contribution in [0.3, 0.4) is 0 Å². The number of aliphatic hydroxyl groups is 1. The van der Waals surface area contributed by atoms with Crippen LogP contribution in [0.4, 0.5) is 10.1 Å². The molecule has 0 radical (unpaired) electrons. The quantitative estimate of drug-likeness (QED) is 0.263. The molecule has 1 aliphatic heterocycles. The Bertz CT molecular complexity index is 1440. The number of benzene rings is 3. The molecule has 0 aromatic heterocycles. The molecule has 38 heavy (non-hydrogen) atoms. The van der Waals surface area contributed by atoms with Crippen LogP contribution in [-0.4, -0.2) is 45.2 Å². The molecule has 1 atom stereocenters. The highest BCUT2D eigenvalue weighted by Gasteiger charge is 2.47. The normalized spacial score (nSPS) is 16.5. The van der Waals surface area contributed by atoms with E-state index in [-0.39, 0.29) is 28.5 Å². The third-order valence-electron chi connectivity index (χ3n) is 6.53. The average molecular weight is 522 g/mol. The number of anilines is 1. The van der Waals surface area contributed by atoms with E-state index in [1.165, 1.54) is 46.6 Å². The number of hydrogen-bond donors (Lipinski definition) is 1. The molecule has 0 bridgehead atoms. The molecule has 0 saturated carbocycles. The van der Waals surface area contributed by atoms with Crippen LogP contribution in [0.5, 0.6) is 23.0 Å². The number of amides is 1. The Morgan fingerprint density at radius 2 is 1.47 bits per heavy atom.